The molecule has 0 nitrogen and oxygen atoms in total. The van der Waals surface area contributed by atoms with E-state index in [9.17, 15) is 0 Å². The van der Waals surface area contributed by atoms with Gasteiger partial charge in [-0.25, -0.2) is 0 Å². The number of fused-ring (bicyclic) bond motifs is 4. The molecule has 43 heavy (non-hydrogen) atoms. The molecule has 1 atom stereocenters. The summed E-state index contributed by atoms with van der Waals surface area (Å²) in [5.41, 5.74) is 13.6. The van der Waals surface area contributed by atoms with Gasteiger partial charge in [0, 0.05) is 0 Å². The van der Waals surface area contributed by atoms with Gasteiger partial charge in [0.2, 0.25) is 0 Å². The smallest absolute Gasteiger partial charge is 1.00 e. The second-order valence-electron chi connectivity index (χ2n) is 14.4. The molecule has 2 aliphatic rings. The van der Waals surface area contributed by atoms with Crippen LogP contribution in [0.4, 0.5) is 0 Å². The first-order valence-corrected chi connectivity index (χ1v) is 19.3. The molecule has 4 aromatic rings. The second-order valence-corrected chi connectivity index (χ2v) is 20.1. The third-order valence-electron chi connectivity index (χ3n) is 9.45. The number of rotatable bonds is 3. The molecule has 0 amide bonds. The summed E-state index contributed by atoms with van der Waals surface area (Å²) in [6.07, 6.45) is 2.52. The average Bonchev–Trinajstić information content (AvgIpc) is 3.37. The Hall–Kier alpha value is -2.05. The van der Waals surface area contributed by atoms with E-state index in [-0.39, 0.29) is 35.6 Å². The summed E-state index contributed by atoms with van der Waals surface area (Å²) in [5, 5.41) is 2.72. The maximum Gasteiger partial charge on any atom is -1.00 e. The molecule has 2 aliphatic carbocycles. The number of hydrogen-bond acceptors (Lipinski definition) is 0. The Kier molecular flexibility index (Phi) is 9.75. The van der Waals surface area contributed by atoms with Gasteiger partial charge in [-0.3, -0.25) is 0 Å². The van der Waals surface area contributed by atoms with Crippen LogP contribution in [0.1, 0.15) is 93.8 Å². The third kappa shape index (κ3) is 6.12. The fourth-order valence-electron chi connectivity index (χ4n) is 7.01. The van der Waals surface area contributed by atoms with Crippen LogP contribution in [0.2, 0.25) is 0 Å². The molecule has 0 saturated heterocycles. The molecule has 0 N–H and O–H groups in total. The molecular formula is C40H44Cl2Zr. The van der Waals surface area contributed by atoms with Crippen molar-refractivity contribution in [3.63, 3.8) is 0 Å². The van der Waals surface area contributed by atoms with Crippen LogP contribution in [-0.4, -0.2) is 3.71 Å². The number of allylic oxidation sites excluding steroid dienone is 4. The molecule has 1 unspecified atom stereocenters. The first-order chi connectivity index (χ1) is 19.3. The van der Waals surface area contributed by atoms with Gasteiger partial charge in [-0.15, -0.1) is 0 Å². The van der Waals surface area contributed by atoms with Crippen LogP contribution in [-0.2, 0) is 32.1 Å². The maximum absolute atomic E-state index is 2.81. The monoisotopic (exact) mass is 684 g/mol. The summed E-state index contributed by atoms with van der Waals surface area (Å²) >= 11 is -2.58. The van der Waals surface area contributed by atoms with Gasteiger partial charge in [0.05, 0.1) is 0 Å². The zero-order valence-corrected chi connectivity index (χ0v) is 31.0. The van der Waals surface area contributed by atoms with E-state index in [4.69, 9.17) is 0 Å². The van der Waals surface area contributed by atoms with Gasteiger partial charge in [0.1, 0.15) is 0 Å². The van der Waals surface area contributed by atoms with Crippen LogP contribution in [0.25, 0.3) is 21.9 Å². The zero-order valence-electron chi connectivity index (χ0n) is 27.1. The van der Waals surface area contributed by atoms with Gasteiger partial charge in [-0.1, -0.05) is 0 Å². The molecule has 0 spiro atoms. The van der Waals surface area contributed by atoms with E-state index in [1.54, 1.807) is 20.0 Å². The van der Waals surface area contributed by atoms with Crippen molar-refractivity contribution in [3.8, 4) is 11.1 Å². The van der Waals surface area contributed by atoms with Gasteiger partial charge in [-0.2, -0.15) is 0 Å². The van der Waals surface area contributed by atoms with Crippen LogP contribution in [0.5, 0.6) is 0 Å². The van der Waals surface area contributed by atoms with Crippen LogP contribution < -0.4 is 24.8 Å². The Balaban J connectivity index is 0.00000212. The quantitative estimate of drug-likeness (QED) is 0.289. The van der Waals surface area contributed by atoms with Crippen LogP contribution in [0, 0.1) is 5.92 Å². The predicted octanol–water partition coefficient (Wildman–Crippen LogP) is 4.85. The molecule has 222 valence electrons. The summed E-state index contributed by atoms with van der Waals surface area (Å²) < 4.78 is 5.03. The molecule has 4 aromatic carbocycles. The maximum atomic E-state index is 2.81. The molecule has 0 heterocycles. The van der Waals surface area contributed by atoms with E-state index < -0.39 is 21.3 Å². The van der Waals surface area contributed by atoms with E-state index in [1.807, 2.05) is 0 Å². The molecule has 0 aromatic heterocycles. The minimum absolute atomic E-state index is 0. The Labute approximate surface area is 279 Å². The number of benzene rings is 4. The molecule has 0 saturated carbocycles. The predicted molar refractivity (Wildman–Crippen MR) is 176 cm³/mol. The van der Waals surface area contributed by atoms with Gasteiger partial charge in [-0.05, 0) is 0 Å². The number of hydrogen-bond donors (Lipinski definition) is 0. The molecule has 6 rings (SSSR count). The first-order valence-electron chi connectivity index (χ1n) is 15.2. The summed E-state index contributed by atoms with van der Waals surface area (Å²) in [4.78, 5) is 0. The standard InChI is InChI=1S/C21H25.C11H8.C8H11.2ClH.Zr/c1-20(2,3)16-7-9-18-14(12-16)11-15-13-17(21(4,5)6)8-10-19(15)18;1-9-5-4-7-10-6-2-3-8-11(9)10;1-6-4-7(2)8(3)5-6;;;/h7-13H,1-6H3;1-8H;4,6H,1-3H3;2*1H;/q;;;;;+2/p-2. The normalized spacial score (nSPS) is 16.5. The zero-order chi connectivity index (χ0) is 29.3. The van der Waals surface area contributed by atoms with Crippen LogP contribution in [0.15, 0.2) is 99.4 Å². The molecular weight excluding hydrogens is 643 g/mol. The van der Waals surface area contributed by atoms with Gasteiger partial charge in [0.15, 0.2) is 0 Å². The summed E-state index contributed by atoms with van der Waals surface area (Å²) in [7, 11) is 0. The van der Waals surface area contributed by atoms with Crippen LogP contribution in [0.3, 0.4) is 0 Å². The SMILES string of the molecule is CC1=CC(C)[C](/[Zr+2](=[CH]\c2cccc3ccccc23)[CH]2c3cc(C(C)(C)C)ccc3-c3ccc(C(C)(C)C)cc32)=C1C.[Cl-].[Cl-]. The average molecular weight is 687 g/mol. The van der Waals surface area contributed by atoms with E-state index in [0.717, 1.165) is 0 Å². The van der Waals surface area contributed by atoms with E-state index in [1.165, 1.54) is 44.2 Å². The largest absolute Gasteiger partial charge is 1.00 e. The summed E-state index contributed by atoms with van der Waals surface area (Å²) in [6.45, 7) is 21.3. The Morgan fingerprint density at radius 1 is 0.674 bits per heavy atom. The summed E-state index contributed by atoms with van der Waals surface area (Å²) in [6, 6.07) is 30.6. The molecule has 0 fully saturated rings. The Morgan fingerprint density at radius 2 is 1.21 bits per heavy atom. The van der Waals surface area contributed by atoms with Gasteiger partial charge < -0.3 is 24.8 Å². The third-order valence-corrected chi connectivity index (χ3v) is 17.6. The molecule has 0 bridgehead atoms. The van der Waals surface area contributed by atoms with Crippen LogP contribution >= 0.6 is 0 Å². The fourth-order valence-corrected chi connectivity index (χ4v) is 15.9. The van der Waals surface area contributed by atoms with Crippen molar-refractivity contribution in [2.75, 3.05) is 0 Å². The minimum Gasteiger partial charge on any atom is -1.00 e. The van der Waals surface area contributed by atoms with Crippen molar-refractivity contribution in [1.29, 1.82) is 0 Å². The number of halogens is 2. The van der Waals surface area contributed by atoms with E-state index in [0.29, 0.717) is 9.54 Å². The topological polar surface area (TPSA) is 0 Å². The summed E-state index contributed by atoms with van der Waals surface area (Å²) in [5.74, 6) is 0.500. The van der Waals surface area contributed by atoms with Crippen molar-refractivity contribution in [2.24, 2.45) is 5.92 Å². The molecule has 3 heteroatoms. The van der Waals surface area contributed by atoms with Gasteiger partial charge in [0.25, 0.3) is 0 Å². The van der Waals surface area contributed by atoms with Crippen molar-refractivity contribution < 1.29 is 46.1 Å². The molecule has 0 radical (unpaired) electrons. The fraction of sp³-hybridized carbons (Fsp3) is 0.325. The molecule has 0 aliphatic heterocycles. The minimum atomic E-state index is -2.58. The second kappa shape index (κ2) is 12.4. The van der Waals surface area contributed by atoms with Crippen molar-refractivity contribution in [3.05, 3.63) is 127 Å². The van der Waals surface area contributed by atoms with Crippen molar-refractivity contribution in [1.82, 2.24) is 0 Å². The first kappa shape index (κ1) is 33.8. The Morgan fingerprint density at radius 3 is 1.72 bits per heavy atom. The van der Waals surface area contributed by atoms with E-state index in [2.05, 4.69) is 151 Å². The van der Waals surface area contributed by atoms with Crippen molar-refractivity contribution >= 4 is 14.5 Å². The van der Waals surface area contributed by atoms with Crippen molar-refractivity contribution in [2.45, 2.75) is 76.8 Å². The Bertz CT molecular complexity index is 1720. The van der Waals surface area contributed by atoms with E-state index >= 15 is 0 Å². The van der Waals surface area contributed by atoms with Gasteiger partial charge >= 0.3 is 257 Å².